The lowest BCUT2D eigenvalue weighted by Gasteiger charge is -2.05. The minimum atomic E-state index is -0.0656. The number of para-hydroxylation sites is 1. The molecule has 1 amide bonds. The van der Waals surface area contributed by atoms with E-state index in [-0.39, 0.29) is 5.91 Å². The molecule has 0 saturated carbocycles. The lowest BCUT2D eigenvalue weighted by atomic mass is 10.2. The summed E-state index contributed by atoms with van der Waals surface area (Å²) in [6.07, 6.45) is 2.58. The molecule has 0 radical (unpaired) electrons. The van der Waals surface area contributed by atoms with Gasteiger partial charge in [-0.3, -0.25) is 4.79 Å². The van der Waals surface area contributed by atoms with Gasteiger partial charge in [0.05, 0.1) is 11.8 Å². The van der Waals surface area contributed by atoms with Crippen molar-refractivity contribution in [2.45, 2.75) is 12.8 Å². The Morgan fingerprint density at radius 1 is 1.10 bits per heavy atom. The van der Waals surface area contributed by atoms with Crippen LogP contribution in [0.5, 0.6) is 0 Å². The van der Waals surface area contributed by atoms with Gasteiger partial charge in [-0.25, -0.2) is 4.98 Å². The number of carbonyl (C=O) groups is 1. The second-order valence-electron chi connectivity index (χ2n) is 4.52. The quantitative estimate of drug-likeness (QED) is 0.787. The molecule has 0 atom stereocenters. The van der Waals surface area contributed by atoms with Gasteiger partial charge in [-0.2, -0.15) is 0 Å². The summed E-state index contributed by atoms with van der Waals surface area (Å²) >= 11 is 0. The van der Waals surface area contributed by atoms with Crippen LogP contribution in [0.3, 0.4) is 0 Å². The van der Waals surface area contributed by atoms with Crippen molar-refractivity contribution in [2.24, 2.45) is 0 Å². The van der Waals surface area contributed by atoms with Crippen molar-refractivity contribution in [1.29, 1.82) is 0 Å². The standard InChI is InChI=1S/C16H14N2O2/c19-16(10-8-13-5-3-11-20-13)18-15-9-7-12-4-1-2-6-14(12)17-15/h1-7,9,11H,8,10H2,(H,17,18,19). The van der Waals surface area contributed by atoms with Gasteiger partial charge >= 0.3 is 0 Å². The van der Waals surface area contributed by atoms with Crippen LogP contribution in [-0.4, -0.2) is 10.9 Å². The fraction of sp³-hybridized carbons (Fsp3) is 0.125. The fourth-order valence-electron chi connectivity index (χ4n) is 2.03. The van der Waals surface area contributed by atoms with E-state index in [4.69, 9.17) is 4.42 Å². The second-order valence-corrected chi connectivity index (χ2v) is 4.52. The van der Waals surface area contributed by atoms with Crippen molar-refractivity contribution in [1.82, 2.24) is 4.98 Å². The summed E-state index contributed by atoms with van der Waals surface area (Å²) in [5.74, 6) is 1.32. The van der Waals surface area contributed by atoms with Crippen LogP contribution in [0.1, 0.15) is 12.2 Å². The summed E-state index contributed by atoms with van der Waals surface area (Å²) in [4.78, 5) is 16.3. The van der Waals surface area contributed by atoms with E-state index < -0.39 is 0 Å². The molecule has 0 saturated heterocycles. The number of hydrogen-bond acceptors (Lipinski definition) is 3. The molecule has 1 aromatic carbocycles. The van der Waals surface area contributed by atoms with E-state index in [0.29, 0.717) is 18.7 Å². The third kappa shape index (κ3) is 2.85. The van der Waals surface area contributed by atoms with Crippen molar-refractivity contribution in [3.63, 3.8) is 0 Å². The van der Waals surface area contributed by atoms with Gasteiger partial charge in [-0.1, -0.05) is 18.2 Å². The third-order valence-electron chi connectivity index (χ3n) is 3.04. The Bertz CT molecular complexity index is 720. The van der Waals surface area contributed by atoms with E-state index in [1.807, 2.05) is 48.5 Å². The van der Waals surface area contributed by atoms with Gasteiger partial charge in [0.25, 0.3) is 0 Å². The number of aromatic nitrogens is 1. The Morgan fingerprint density at radius 3 is 2.85 bits per heavy atom. The van der Waals surface area contributed by atoms with E-state index in [0.717, 1.165) is 16.7 Å². The molecule has 0 bridgehead atoms. The minimum Gasteiger partial charge on any atom is -0.469 e. The smallest absolute Gasteiger partial charge is 0.225 e. The van der Waals surface area contributed by atoms with Gasteiger partial charge in [0, 0.05) is 18.2 Å². The SMILES string of the molecule is O=C(CCc1ccco1)Nc1ccc2ccccc2n1. The summed E-state index contributed by atoms with van der Waals surface area (Å²) in [6.45, 7) is 0. The number of rotatable bonds is 4. The monoisotopic (exact) mass is 266 g/mol. The number of pyridine rings is 1. The predicted octanol–water partition coefficient (Wildman–Crippen LogP) is 3.40. The number of nitrogens with zero attached hydrogens (tertiary/aromatic N) is 1. The van der Waals surface area contributed by atoms with E-state index in [9.17, 15) is 4.79 Å². The molecule has 2 heterocycles. The van der Waals surface area contributed by atoms with Crippen molar-refractivity contribution in [3.8, 4) is 0 Å². The van der Waals surface area contributed by atoms with E-state index in [1.54, 1.807) is 6.26 Å². The van der Waals surface area contributed by atoms with E-state index in [1.165, 1.54) is 0 Å². The van der Waals surface area contributed by atoms with Crippen LogP contribution < -0.4 is 5.32 Å². The van der Waals surface area contributed by atoms with Gasteiger partial charge in [0.15, 0.2) is 0 Å². The highest BCUT2D eigenvalue weighted by Gasteiger charge is 2.06. The summed E-state index contributed by atoms with van der Waals surface area (Å²) in [7, 11) is 0. The van der Waals surface area contributed by atoms with Crippen molar-refractivity contribution >= 4 is 22.6 Å². The van der Waals surface area contributed by atoms with Crippen LogP contribution in [0, 0.1) is 0 Å². The molecule has 0 aliphatic heterocycles. The molecule has 3 aromatic rings. The van der Waals surface area contributed by atoms with Crippen LogP contribution in [0.15, 0.2) is 59.2 Å². The number of amides is 1. The predicted molar refractivity (Wildman–Crippen MR) is 77.4 cm³/mol. The number of nitrogens with one attached hydrogen (secondary N) is 1. The number of aryl methyl sites for hydroxylation is 1. The maximum Gasteiger partial charge on any atom is 0.225 e. The molecule has 20 heavy (non-hydrogen) atoms. The minimum absolute atomic E-state index is 0.0656. The number of benzene rings is 1. The second kappa shape index (κ2) is 5.57. The Labute approximate surface area is 116 Å². The highest BCUT2D eigenvalue weighted by Crippen LogP contribution is 2.14. The van der Waals surface area contributed by atoms with E-state index >= 15 is 0 Å². The normalized spacial score (nSPS) is 10.6. The van der Waals surface area contributed by atoms with E-state index in [2.05, 4.69) is 10.3 Å². The van der Waals surface area contributed by atoms with Crippen molar-refractivity contribution < 1.29 is 9.21 Å². The zero-order valence-electron chi connectivity index (χ0n) is 10.9. The molecule has 0 aliphatic rings. The Kier molecular flexibility index (Phi) is 3.46. The largest absolute Gasteiger partial charge is 0.469 e. The van der Waals surface area contributed by atoms with Gasteiger partial charge in [0.1, 0.15) is 11.6 Å². The molecule has 2 aromatic heterocycles. The molecule has 1 N–H and O–H groups in total. The molecular formula is C16H14N2O2. The maximum absolute atomic E-state index is 11.9. The first-order valence-electron chi connectivity index (χ1n) is 6.49. The third-order valence-corrected chi connectivity index (χ3v) is 3.04. The van der Waals surface area contributed by atoms with Crippen molar-refractivity contribution in [2.75, 3.05) is 5.32 Å². The van der Waals surface area contributed by atoms with Crippen molar-refractivity contribution in [3.05, 3.63) is 60.6 Å². The number of furan rings is 1. The molecule has 0 unspecified atom stereocenters. The average molecular weight is 266 g/mol. The highest BCUT2D eigenvalue weighted by molar-refractivity contribution is 5.91. The Hall–Kier alpha value is -2.62. The first-order valence-corrected chi connectivity index (χ1v) is 6.49. The molecule has 4 nitrogen and oxygen atoms in total. The summed E-state index contributed by atoms with van der Waals surface area (Å²) in [5.41, 5.74) is 0.872. The number of carbonyl (C=O) groups excluding carboxylic acids is 1. The average Bonchev–Trinajstić information content (AvgIpc) is 2.98. The highest BCUT2D eigenvalue weighted by atomic mass is 16.3. The molecule has 100 valence electrons. The lowest BCUT2D eigenvalue weighted by Crippen LogP contribution is -2.13. The molecule has 0 spiro atoms. The Morgan fingerprint density at radius 2 is 2.00 bits per heavy atom. The van der Waals surface area contributed by atoms with Crippen LogP contribution in [-0.2, 0) is 11.2 Å². The summed E-state index contributed by atoms with van der Waals surface area (Å²) < 4.78 is 5.20. The molecular weight excluding hydrogens is 252 g/mol. The van der Waals surface area contributed by atoms with Crippen LogP contribution >= 0.6 is 0 Å². The first kappa shape index (κ1) is 12.4. The number of anilines is 1. The molecule has 0 fully saturated rings. The van der Waals surface area contributed by atoms with Gasteiger partial charge in [-0.05, 0) is 30.3 Å². The summed E-state index contributed by atoms with van der Waals surface area (Å²) in [5, 5.41) is 3.86. The van der Waals surface area contributed by atoms with Crippen LogP contribution in [0.2, 0.25) is 0 Å². The van der Waals surface area contributed by atoms with Crippen LogP contribution in [0.4, 0.5) is 5.82 Å². The zero-order valence-corrected chi connectivity index (χ0v) is 10.9. The molecule has 4 heteroatoms. The van der Waals surface area contributed by atoms with Gasteiger partial charge in [-0.15, -0.1) is 0 Å². The zero-order chi connectivity index (χ0) is 13.8. The molecule has 0 aliphatic carbocycles. The van der Waals surface area contributed by atoms with Crippen LogP contribution in [0.25, 0.3) is 10.9 Å². The maximum atomic E-state index is 11.9. The lowest BCUT2D eigenvalue weighted by molar-refractivity contribution is -0.116. The first-order chi connectivity index (χ1) is 9.81. The van der Waals surface area contributed by atoms with Gasteiger partial charge < -0.3 is 9.73 Å². The topological polar surface area (TPSA) is 55.1 Å². The fourth-order valence-corrected chi connectivity index (χ4v) is 2.03. The summed E-state index contributed by atoms with van der Waals surface area (Å²) in [6, 6.07) is 15.2. The molecule has 3 rings (SSSR count). The number of hydrogen-bond donors (Lipinski definition) is 1. The number of fused-ring (bicyclic) bond motifs is 1. The Balaban J connectivity index is 1.65. The van der Waals surface area contributed by atoms with Gasteiger partial charge in [0.2, 0.25) is 5.91 Å².